The van der Waals surface area contributed by atoms with Gasteiger partial charge in [0.2, 0.25) is 0 Å². The van der Waals surface area contributed by atoms with Crippen LogP contribution < -0.4 is 10.2 Å². The summed E-state index contributed by atoms with van der Waals surface area (Å²) in [5.74, 6) is 0.376. The maximum Gasteiger partial charge on any atom is 0.291 e. The van der Waals surface area contributed by atoms with Crippen LogP contribution in [0.4, 0.5) is 11.4 Å². The lowest BCUT2D eigenvalue weighted by atomic mass is 10.2. The highest BCUT2D eigenvalue weighted by Gasteiger charge is 2.23. The molecule has 0 spiro atoms. The van der Waals surface area contributed by atoms with E-state index in [1.165, 1.54) is 11.3 Å². The van der Waals surface area contributed by atoms with Gasteiger partial charge in [0, 0.05) is 48.1 Å². The summed E-state index contributed by atoms with van der Waals surface area (Å²) in [6.07, 6.45) is 0. The van der Waals surface area contributed by atoms with Gasteiger partial charge in [-0.15, -0.1) is 11.3 Å². The van der Waals surface area contributed by atoms with Crippen molar-refractivity contribution in [3.8, 4) is 11.3 Å². The number of benzene rings is 2. The number of carbonyl (C=O) groups is 2. The number of hydrogen-bond donors (Lipinski definition) is 1. The van der Waals surface area contributed by atoms with Crippen molar-refractivity contribution in [3.05, 3.63) is 92.8 Å². The average Bonchev–Trinajstić information content (AvgIpc) is 3.59. The van der Waals surface area contributed by atoms with Gasteiger partial charge in [-0.3, -0.25) is 9.59 Å². The summed E-state index contributed by atoms with van der Waals surface area (Å²) in [7, 11) is 0. The SMILES string of the molecule is O=C(Nc1ccc(N2CCN(C(=O)c3cccs3)CC2)cc1)c1ccc(-c2cc(Cl)ccc2Cl)o1. The highest BCUT2D eigenvalue weighted by molar-refractivity contribution is 7.12. The van der Waals surface area contributed by atoms with Crippen LogP contribution in [0.5, 0.6) is 0 Å². The lowest BCUT2D eigenvalue weighted by Gasteiger charge is -2.36. The minimum atomic E-state index is -0.358. The van der Waals surface area contributed by atoms with Crippen LogP contribution in [0.2, 0.25) is 10.0 Å². The van der Waals surface area contributed by atoms with E-state index in [0.717, 1.165) is 23.7 Å². The number of carbonyl (C=O) groups excluding carboxylic acids is 2. The van der Waals surface area contributed by atoms with Crippen molar-refractivity contribution in [1.82, 2.24) is 4.90 Å². The third-order valence-corrected chi connectivity index (χ3v) is 7.24. The smallest absolute Gasteiger partial charge is 0.291 e. The quantitative estimate of drug-likeness (QED) is 0.321. The molecule has 0 saturated carbocycles. The number of halogens is 2. The fraction of sp³-hybridized carbons (Fsp3) is 0.154. The normalized spacial score (nSPS) is 13.7. The molecule has 0 aliphatic carbocycles. The van der Waals surface area contributed by atoms with Crippen molar-refractivity contribution in [2.75, 3.05) is 36.4 Å². The molecule has 1 N–H and O–H groups in total. The van der Waals surface area contributed by atoms with E-state index in [2.05, 4.69) is 10.2 Å². The second-order valence-electron chi connectivity index (χ2n) is 8.05. The van der Waals surface area contributed by atoms with E-state index in [9.17, 15) is 9.59 Å². The van der Waals surface area contributed by atoms with Crippen molar-refractivity contribution in [2.45, 2.75) is 0 Å². The maximum atomic E-state index is 12.7. The Hall–Kier alpha value is -3.26. The summed E-state index contributed by atoms with van der Waals surface area (Å²) in [6, 6.07) is 19.8. The highest BCUT2D eigenvalue weighted by Crippen LogP contribution is 2.32. The van der Waals surface area contributed by atoms with E-state index in [-0.39, 0.29) is 17.6 Å². The Morgan fingerprint density at radius 2 is 1.69 bits per heavy atom. The van der Waals surface area contributed by atoms with Gasteiger partial charge in [-0.2, -0.15) is 0 Å². The van der Waals surface area contributed by atoms with E-state index in [4.69, 9.17) is 27.6 Å². The summed E-state index contributed by atoms with van der Waals surface area (Å²) in [5, 5.41) is 5.79. The fourth-order valence-electron chi connectivity index (χ4n) is 3.96. The Labute approximate surface area is 216 Å². The molecule has 9 heteroatoms. The van der Waals surface area contributed by atoms with Crippen molar-refractivity contribution in [3.63, 3.8) is 0 Å². The van der Waals surface area contributed by atoms with Crippen LogP contribution in [0.25, 0.3) is 11.3 Å². The molecule has 35 heavy (non-hydrogen) atoms. The summed E-state index contributed by atoms with van der Waals surface area (Å²) in [4.78, 5) is 30.1. The van der Waals surface area contributed by atoms with Crippen molar-refractivity contribution in [1.29, 1.82) is 0 Å². The van der Waals surface area contributed by atoms with Gasteiger partial charge in [0.15, 0.2) is 5.76 Å². The summed E-state index contributed by atoms with van der Waals surface area (Å²) in [5.41, 5.74) is 2.32. The molecule has 178 valence electrons. The zero-order chi connectivity index (χ0) is 24.4. The molecule has 0 radical (unpaired) electrons. The van der Waals surface area contributed by atoms with E-state index >= 15 is 0 Å². The van der Waals surface area contributed by atoms with Crippen molar-refractivity contribution in [2.24, 2.45) is 0 Å². The molecule has 0 unspecified atom stereocenters. The first-order chi connectivity index (χ1) is 17.0. The van der Waals surface area contributed by atoms with E-state index in [1.807, 2.05) is 46.7 Å². The van der Waals surface area contributed by atoms with Gasteiger partial charge in [0.05, 0.1) is 9.90 Å². The monoisotopic (exact) mass is 525 g/mol. The second kappa shape index (κ2) is 10.2. The van der Waals surface area contributed by atoms with Crippen LogP contribution in [-0.4, -0.2) is 42.9 Å². The number of rotatable bonds is 5. The molecule has 1 saturated heterocycles. The predicted molar refractivity (Wildman–Crippen MR) is 141 cm³/mol. The van der Waals surface area contributed by atoms with Crippen LogP contribution in [0.15, 0.2) is 76.5 Å². The number of piperazine rings is 1. The van der Waals surface area contributed by atoms with Crippen LogP contribution in [0, 0.1) is 0 Å². The number of hydrogen-bond acceptors (Lipinski definition) is 5. The predicted octanol–water partition coefficient (Wildman–Crippen LogP) is 6.53. The van der Waals surface area contributed by atoms with E-state index in [0.29, 0.717) is 40.1 Å². The van der Waals surface area contributed by atoms with Crippen LogP contribution >= 0.6 is 34.5 Å². The lowest BCUT2D eigenvalue weighted by Crippen LogP contribution is -2.48. The number of nitrogens with zero attached hydrogens (tertiary/aromatic N) is 2. The molecule has 1 fully saturated rings. The zero-order valence-corrected chi connectivity index (χ0v) is 20.9. The third-order valence-electron chi connectivity index (χ3n) is 5.81. The number of anilines is 2. The first kappa shape index (κ1) is 23.5. The molecule has 3 heterocycles. The molecule has 2 aromatic carbocycles. The Morgan fingerprint density at radius 3 is 2.40 bits per heavy atom. The molecule has 2 aromatic heterocycles. The van der Waals surface area contributed by atoms with Gasteiger partial charge in [0.1, 0.15) is 5.76 Å². The second-order valence-corrected chi connectivity index (χ2v) is 9.84. The molecule has 0 atom stereocenters. The fourth-order valence-corrected chi connectivity index (χ4v) is 5.04. The number of thiophene rings is 1. The summed E-state index contributed by atoms with van der Waals surface area (Å²) >= 11 is 13.8. The van der Waals surface area contributed by atoms with Gasteiger partial charge >= 0.3 is 0 Å². The maximum absolute atomic E-state index is 12.7. The Bertz CT molecular complexity index is 1340. The number of amides is 2. The Balaban J connectivity index is 1.19. The molecule has 5 rings (SSSR count). The largest absolute Gasteiger partial charge is 0.451 e. The van der Waals surface area contributed by atoms with Gasteiger partial charge in [-0.05, 0) is 66.0 Å². The van der Waals surface area contributed by atoms with E-state index < -0.39 is 0 Å². The third kappa shape index (κ3) is 5.22. The highest BCUT2D eigenvalue weighted by atomic mass is 35.5. The summed E-state index contributed by atoms with van der Waals surface area (Å²) in [6.45, 7) is 2.85. The number of furan rings is 1. The molecular formula is C26H21Cl2N3O3S. The zero-order valence-electron chi connectivity index (χ0n) is 18.5. The molecule has 1 aliphatic rings. The molecular weight excluding hydrogens is 505 g/mol. The van der Waals surface area contributed by atoms with Crippen LogP contribution in [0.3, 0.4) is 0 Å². The minimum absolute atomic E-state index is 0.0939. The first-order valence-electron chi connectivity index (χ1n) is 11.0. The number of nitrogens with one attached hydrogen (secondary N) is 1. The standard InChI is InChI=1S/C26H21Cl2N3O3S/c27-17-3-8-21(28)20(16-17)22-9-10-23(34-22)25(32)29-18-4-6-19(7-5-18)30-11-13-31(14-12-30)26(33)24-2-1-15-35-24/h1-10,15-16H,11-14H2,(H,29,32). The van der Waals surface area contributed by atoms with Gasteiger partial charge in [-0.25, -0.2) is 0 Å². The minimum Gasteiger partial charge on any atom is -0.451 e. The molecule has 6 nitrogen and oxygen atoms in total. The van der Waals surface area contributed by atoms with Gasteiger partial charge < -0.3 is 19.5 Å². The van der Waals surface area contributed by atoms with Gasteiger partial charge in [-0.1, -0.05) is 29.3 Å². The molecule has 4 aromatic rings. The molecule has 0 bridgehead atoms. The summed E-state index contributed by atoms with van der Waals surface area (Å²) < 4.78 is 5.72. The van der Waals surface area contributed by atoms with Crippen LogP contribution in [-0.2, 0) is 0 Å². The van der Waals surface area contributed by atoms with Crippen molar-refractivity contribution >= 4 is 57.7 Å². The Morgan fingerprint density at radius 1 is 0.914 bits per heavy atom. The lowest BCUT2D eigenvalue weighted by molar-refractivity contribution is 0.0751. The first-order valence-corrected chi connectivity index (χ1v) is 12.7. The molecule has 2 amide bonds. The van der Waals surface area contributed by atoms with E-state index in [1.54, 1.807) is 30.3 Å². The molecule has 1 aliphatic heterocycles. The average molecular weight is 526 g/mol. The van der Waals surface area contributed by atoms with Crippen LogP contribution in [0.1, 0.15) is 20.2 Å². The van der Waals surface area contributed by atoms with Crippen molar-refractivity contribution < 1.29 is 14.0 Å². The Kier molecular flexibility index (Phi) is 6.81. The topological polar surface area (TPSA) is 65.8 Å². The van der Waals surface area contributed by atoms with Gasteiger partial charge in [0.25, 0.3) is 11.8 Å².